The highest BCUT2D eigenvalue weighted by Crippen LogP contribution is 2.38. The summed E-state index contributed by atoms with van der Waals surface area (Å²) >= 11 is 0. The molecular formula is C46H54N10O4. The molecule has 312 valence electrons. The van der Waals surface area contributed by atoms with E-state index >= 15 is 0 Å². The lowest BCUT2D eigenvalue weighted by atomic mass is 9.90. The van der Waals surface area contributed by atoms with Gasteiger partial charge in [0.2, 0.25) is 17.8 Å². The van der Waals surface area contributed by atoms with Crippen LogP contribution >= 0.6 is 0 Å². The second-order valence-corrected chi connectivity index (χ2v) is 16.8. The molecule has 2 atom stereocenters. The third-order valence-electron chi connectivity index (χ3n) is 13.2. The molecule has 9 rings (SSSR count). The van der Waals surface area contributed by atoms with Gasteiger partial charge in [-0.15, -0.1) is 6.58 Å². The maximum absolute atomic E-state index is 13.5. The van der Waals surface area contributed by atoms with E-state index < -0.39 is 5.60 Å². The Morgan fingerprint density at radius 2 is 1.58 bits per heavy atom. The summed E-state index contributed by atoms with van der Waals surface area (Å²) in [6, 6.07) is 21.1. The predicted octanol–water partition coefficient (Wildman–Crippen LogP) is 5.45. The van der Waals surface area contributed by atoms with E-state index in [4.69, 9.17) is 9.97 Å². The molecule has 0 spiro atoms. The summed E-state index contributed by atoms with van der Waals surface area (Å²) < 4.78 is 3.26. The third-order valence-corrected chi connectivity index (χ3v) is 13.2. The van der Waals surface area contributed by atoms with Gasteiger partial charge >= 0.3 is 0 Å². The number of benzene rings is 2. The summed E-state index contributed by atoms with van der Waals surface area (Å²) in [5.41, 5.74) is 5.10. The summed E-state index contributed by atoms with van der Waals surface area (Å²) in [6.07, 6.45) is 10.6. The van der Waals surface area contributed by atoms with Gasteiger partial charge in [-0.05, 0) is 117 Å². The van der Waals surface area contributed by atoms with Crippen LogP contribution < -0.4 is 31.3 Å². The van der Waals surface area contributed by atoms with Crippen molar-refractivity contribution >= 4 is 45.9 Å². The van der Waals surface area contributed by atoms with Crippen molar-refractivity contribution < 1.29 is 14.7 Å². The number of aryl methyl sites for hydroxylation is 1. The molecule has 3 aromatic heterocycles. The lowest BCUT2D eigenvalue weighted by Crippen LogP contribution is -2.45. The number of carbonyl (C=O) groups is 2. The molecule has 0 bridgehead atoms. The van der Waals surface area contributed by atoms with E-state index in [2.05, 4.69) is 61.6 Å². The highest BCUT2D eigenvalue weighted by atomic mass is 16.3. The molecule has 3 saturated heterocycles. The van der Waals surface area contributed by atoms with Crippen LogP contribution in [-0.4, -0.2) is 80.0 Å². The van der Waals surface area contributed by atoms with E-state index in [1.807, 2.05) is 43.3 Å². The van der Waals surface area contributed by atoms with E-state index in [-0.39, 0.29) is 29.8 Å². The number of aliphatic hydroxyl groups is 1. The number of nitrogens with one attached hydrogen (secondary N) is 3. The average molecular weight is 811 g/mol. The predicted molar refractivity (Wildman–Crippen MR) is 233 cm³/mol. The molecule has 0 saturated carbocycles. The second-order valence-electron chi connectivity index (χ2n) is 16.8. The Balaban J connectivity index is 0.772. The van der Waals surface area contributed by atoms with Crippen LogP contribution in [0.1, 0.15) is 81.0 Å². The normalized spacial score (nSPS) is 21.3. The Labute approximate surface area is 349 Å². The summed E-state index contributed by atoms with van der Waals surface area (Å²) in [4.78, 5) is 56.5. The Bertz CT molecular complexity index is 2450. The molecule has 5 aromatic rings. The van der Waals surface area contributed by atoms with Gasteiger partial charge < -0.3 is 25.5 Å². The number of anilines is 4. The van der Waals surface area contributed by atoms with Crippen LogP contribution in [-0.2, 0) is 28.2 Å². The van der Waals surface area contributed by atoms with E-state index in [0.29, 0.717) is 66.1 Å². The number of hydrogen-bond donors (Lipinski definition) is 4. The third kappa shape index (κ3) is 7.81. The van der Waals surface area contributed by atoms with Gasteiger partial charge in [0.05, 0.1) is 18.2 Å². The number of fused-ring (bicyclic) bond motifs is 2. The topological polar surface area (TPSA) is 163 Å². The zero-order chi connectivity index (χ0) is 41.4. The number of piperidine rings is 3. The summed E-state index contributed by atoms with van der Waals surface area (Å²) in [5.74, 6) is 0.913. The molecule has 2 aromatic carbocycles. The SMILES string of the molecule is C=CCn1c(=O)c2cnc(Nc3ccc(N4CCC(CNC5CCN(c6ccc(C7CCC(=O)NC7=O)cc6)CC5)CC4)cc3)nc2n1-c1ccc2c(n1)[C@@](O)(CC)CC2. The average Bonchev–Trinajstić information content (AvgIpc) is 3.75. The largest absolute Gasteiger partial charge is 0.384 e. The monoisotopic (exact) mass is 810 g/mol. The van der Waals surface area contributed by atoms with Crippen molar-refractivity contribution in [3.8, 4) is 5.82 Å². The minimum absolute atomic E-state index is 0.181. The lowest BCUT2D eigenvalue weighted by Gasteiger charge is -2.37. The fourth-order valence-electron chi connectivity index (χ4n) is 9.50. The maximum atomic E-state index is 13.5. The van der Waals surface area contributed by atoms with E-state index in [1.54, 1.807) is 21.6 Å². The fraction of sp³-hybridized carbons (Fsp3) is 0.435. The standard InChI is InChI=1S/C46H54N10O4/c1-3-23-55-44(59)38-29-48-45(52-42(38)56(55)39-15-7-32-17-22-46(60,4-2)41(32)50-39)49-34-8-12-36(13-9-34)53-24-18-30(19-25-53)28-47-33-20-26-54(27-21-33)35-10-5-31(6-11-35)37-14-16-40(57)51-43(37)58/h3,5-13,15,29-30,33,37,47,60H,1,4,14,16-28H2,2H3,(H,48,49,52)(H,51,57,58)/t37?,46-/m1/s1. The summed E-state index contributed by atoms with van der Waals surface area (Å²) in [5, 5.41) is 21.3. The van der Waals surface area contributed by atoms with Crippen molar-refractivity contribution in [3.63, 3.8) is 0 Å². The molecule has 14 heteroatoms. The van der Waals surface area contributed by atoms with Gasteiger partial charge in [-0.3, -0.25) is 19.7 Å². The van der Waals surface area contributed by atoms with Crippen molar-refractivity contribution in [3.05, 3.63) is 107 Å². The first-order chi connectivity index (χ1) is 29.2. The van der Waals surface area contributed by atoms with Gasteiger partial charge in [0, 0.05) is 61.9 Å². The zero-order valence-electron chi connectivity index (χ0n) is 34.3. The minimum atomic E-state index is -0.987. The molecular weight excluding hydrogens is 757 g/mol. The molecule has 3 aliphatic heterocycles. The molecule has 14 nitrogen and oxygen atoms in total. The highest BCUT2D eigenvalue weighted by Gasteiger charge is 2.37. The molecule has 60 heavy (non-hydrogen) atoms. The number of rotatable bonds is 12. The molecule has 6 heterocycles. The zero-order valence-corrected chi connectivity index (χ0v) is 34.3. The van der Waals surface area contributed by atoms with Crippen molar-refractivity contribution in [2.24, 2.45) is 5.92 Å². The summed E-state index contributed by atoms with van der Waals surface area (Å²) in [7, 11) is 0. The van der Waals surface area contributed by atoms with Gasteiger partial charge in [0.25, 0.3) is 5.56 Å². The van der Waals surface area contributed by atoms with Crippen molar-refractivity contribution in [2.45, 2.75) is 88.8 Å². The van der Waals surface area contributed by atoms with Gasteiger partial charge in [-0.25, -0.2) is 19.3 Å². The number of carbonyl (C=O) groups excluding carboxylic acids is 2. The van der Waals surface area contributed by atoms with Gasteiger partial charge in [-0.2, -0.15) is 4.98 Å². The van der Waals surface area contributed by atoms with Crippen molar-refractivity contribution in [2.75, 3.05) is 47.8 Å². The molecule has 0 radical (unpaired) electrons. The number of allylic oxidation sites excluding steroid dienone is 1. The van der Waals surface area contributed by atoms with Crippen LogP contribution in [0.5, 0.6) is 0 Å². The Morgan fingerprint density at radius 1 is 0.883 bits per heavy atom. The van der Waals surface area contributed by atoms with Crippen molar-refractivity contribution in [1.29, 1.82) is 0 Å². The van der Waals surface area contributed by atoms with Crippen LogP contribution in [0.15, 0.2) is 84.3 Å². The second kappa shape index (κ2) is 16.7. The van der Waals surface area contributed by atoms with Gasteiger partial charge in [-0.1, -0.05) is 31.2 Å². The van der Waals surface area contributed by atoms with E-state index in [0.717, 1.165) is 81.6 Å². The van der Waals surface area contributed by atoms with Crippen LogP contribution in [0, 0.1) is 5.92 Å². The highest BCUT2D eigenvalue weighted by molar-refractivity contribution is 6.01. The molecule has 2 amide bonds. The minimum Gasteiger partial charge on any atom is -0.384 e. The number of hydrogen-bond acceptors (Lipinski definition) is 11. The van der Waals surface area contributed by atoms with Crippen LogP contribution in [0.4, 0.5) is 23.0 Å². The first-order valence-electron chi connectivity index (χ1n) is 21.6. The number of amides is 2. The van der Waals surface area contributed by atoms with Crippen LogP contribution in [0.2, 0.25) is 0 Å². The fourth-order valence-corrected chi connectivity index (χ4v) is 9.50. The number of nitrogens with zero attached hydrogens (tertiary/aromatic N) is 7. The van der Waals surface area contributed by atoms with Gasteiger partial charge in [0.15, 0.2) is 11.5 Å². The van der Waals surface area contributed by atoms with E-state index in [1.165, 1.54) is 11.4 Å². The smallest absolute Gasteiger partial charge is 0.278 e. The molecule has 3 fully saturated rings. The maximum Gasteiger partial charge on any atom is 0.278 e. The number of pyridine rings is 1. The number of imide groups is 1. The Morgan fingerprint density at radius 3 is 2.27 bits per heavy atom. The first kappa shape index (κ1) is 39.6. The van der Waals surface area contributed by atoms with E-state index in [9.17, 15) is 19.5 Å². The first-order valence-corrected chi connectivity index (χ1v) is 21.6. The van der Waals surface area contributed by atoms with Crippen LogP contribution in [0.25, 0.3) is 16.9 Å². The Hall–Kier alpha value is -5.86. The quantitative estimate of drug-likeness (QED) is 0.0938. The van der Waals surface area contributed by atoms with Gasteiger partial charge in [0.1, 0.15) is 11.0 Å². The lowest BCUT2D eigenvalue weighted by molar-refractivity contribution is -0.134. The molecule has 1 aliphatic carbocycles. The Kier molecular flexibility index (Phi) is 11.0. The summed E-state index contributed by atoms with van der Waals surface area (Å²) in [6.45, 7) is 11.2. The van der Waals surface area contributed by atoms with Crippen LogP contribution in [0.3, 0.4) is 0 Å². The molecule has 4 N–H and O–H groups in total. The number of aromatic nitrogens is 5. The molecule has 4 aliphatic rings. The van der Waals surface area contributed by atoms with Crippen molar-refractivity contribution in [1.82, 2.24) is 34.9 Å². The molecule has 1 unspecified atom stereocenters.